The lowest BCUT2D eigenvalue weighted by molar-refractivity contribution is -0.123. The van der Waals surface area contributed by atoms with Gasteiger partial charge in [-0.1, -0.05) is 18.5 Å². The van der Waals surface area contributed by atoms with Crippen LogP contribution in [0.5, 0.6) is 0 Å². The Balaban J connectivity index is 1.31. The standard InChI is InChI=1S/C22H25ClFN7O/c1-12-4-5-31(21-17-9-27-30-20(17)25-11-26-21)10-18(12)29-22(32)19(13-2-3-13)28-16-7-14(23)6-15(24)8-16/h6-9,11-13,18-19,28H,2-5,10H2,1H3,(H,29,32)(H,25,26,27,30). The maximum atomic E-state index is 13.8. The van der Waals surface area contributed by atoms with Gasteiger partial charge in [0.05, 0.1) is 11.6 Å². The quantitative estimate of drug-likeness (QED) is 0.525. The van der Waals surface area contributed by atoms with Crippen LogP contribution < -0.4 is 15.5 Å². The highest BCUT2D eigenvalue weighted by Gasteiger charge is 2.38. The average molecular weight is 458 g/mol. The predicted octanol–water partition coefficient (Wildman–Crippen LogP) is 3.37. The van der Waals surface area contributed by atoms with Gasteiger partial charge in [-0.3, -0.25) is 9.89 Å². The molecule has 0 radical (unpaired) electrons. The van der Waals surface area contributed by atoms with E-state index < -0.39 is 11.9 Å². The Morgan fingerprint density at radius 2 is 2.12 bits per heavy atom. The van der Waals surface area contributed by atoms with Crippen molar-refractivity contribution < 1.29 is 9.18 Å². The molecule has 3 heterocycles. The first-order valence-corrected chi connectivity index (χ1v) is 11.3. The maximum Gasteiger partial charge on any atom is 0.243 e. The summed E-state index contributed by atoms with van der Waals surface area (Å²) in [6.07, 6.45) is 6.13. The van der Waals surface area contributed by atoms with Crippen molar-refractivity contribution >= 4 is 40.0 Å². The van der Waals surface area contributed by atoms with E-state index in [2.05, 4.69) is 42.6 Å². The van der Waals surface area contributed by atoms with Crippen LogP contribution in [-0.4, -0.2) is 51.2 Å². The minimum atomic E-state index is -0.429. The maximum absolute atomic E-state index is 13.8. The SMILES string of the molecule is CC1CCN(c2ncnc3[nH]ncc23)CC1NC(=O)C(Nc1cc(F)cc(Cl)c1)C1CC1. The fraction of sp³-hybridized carbons (Fsp3) is 0.455. The molecule has 10 heteroatoms. The summed E-state index contributed by atoms with van der Waals surface area (Å²) in [5, 5.41) is 14.6. The van der Waals surface area contributed by atoms with Gasteiger partial charge in [0.1, 0.15) is 24.0 Å². The van der Waals surface area contributed by atoms with Crippen molar-refractivity contribution in [1.82, 2.24) is 25.5 Å². The van der Waals surface area contributed by atoms with Gasteiger partial charge in [0.25, 0.3) is 0 Å². The number of benzene rings is 1. The van der Waals surface area contributed by atoms with Gasteiger partial charge in [-0.25, -0.2) is 14.4 Å². The third-order valence-corrected chi connectivity index (χ3v) is 6.59. The lowest BCUT2D eigenvalue weighted by Gasteiger charge is -2.38. The molecule has 0 bridgehead atoms. The molecule has 1 aliphatic carbocycles. The number of hydrogen-bond donors (Lipinski definition) is 3. The second kappa shape index (κ2) is 8.54. The van der Waals surface area contributed by atoms with Gasteiger partial charge < -0.3 is 15.5 Å². The number of carbonyl (C=O) groups is 1. The summed E-state index contributed by atoms with van der Waals surface area (Å²) in [5.41, 5.74) is 1.21. The van der Waals surface area contributed by atoms with Gasteiger partial charge in [0, 0.05) is 29.8 Å². The Morgan fingerprint density at radius 1 is 1.28 bits per heavy atom. The zero-order valence-corrected chi connectivity index (χ0v) is 18.4. The second-order valence-electron chi connectivity index (χ2n) is 8.77. The molecule has 3 unspecified atom stereocenters. The topological polar surface area (TPSA) is 98.8 Å². The van der Waals surface area contributed by atoms with Gasteiger partial charge in [-0.05, 0) is 49.3 Å². The Labute approximate surface area is 189 Å². The minimum absolute atomic E-state index is 0.0349. The van der Waals surface area contributed by atoms with E-state index in [0.29, 0.717) is 28.8 Å². The number of aromatic nitrogens is 4. The lowest BCUT2D eigenvalue weighted by atomic mass is 9.92. The van der Waals surface area contributed by atoms with Crippen molar-refractivity contribution in [3.05, 3.63) is 41.6 Å². The average Bonchev–Trinajstić information content (AvgIpc) is 3.48. The van der Waals surface area contributed by atoms with Crippen molar-refractivity contribution in [1.29, 1.82) is 0 Å². The van der Waals surface area contributed by atoms with E-state index in [1.807, 2.05) is 0 Å². The minimum Gasteiger partial charge on any atom is -0.373 e. The lowest BCUT2D eigenvalue weighted by Crippen LogP contribution is -2.55. The molecule has 3 aromatic rings. The molecule has 1 saturated carbocycles. The van der Waals surface area contributed by atoms with Gasteiger partial charge in [-0.2, -0.15) is 5.10 Å². The van der Waals surface area contributed by atoms with Crippen LogP contribution in [0, 0.1) is 17.7 Å². The molecule has 1 aromatic carbocycles. The van der Waals surface area contributed by atoms with E-state index in [1.54, 1.807) is 12.3 Å². The predicted molar refractivity (Wildman–Crippen MR) is 121 cm³/mol. The third-order valence-electron chi connectivity index (χ3n) is 6.37. The molecule has 0 spiro atoms. The van der Waals surface area contributed by atoms with Crippen LogP contribution in [0.2, 0.25) is 5.02 Å². The summed E-state index contributed by atoms with van der Waals surface area (Å²) in [6.45, 7) is 3.64. The molecule has 1 aliphatic heterocycles. The van der Waals surface area contributed by atoms with Gasteiger partial charge in [-0.15, -0.1) is 0 Å². The number of nitrogens with one attached hydrogen (secondary N) is 3. The number of halogens is 2. The molecule has 168 valence electrons. The van der Waals surface area contributed by atoms with Crippen molar-refractivity contribution in [2.45, 2.75) is 38.3 Å². The van der Waals surface area contributed by atoms with E-state index in [0.717, 1.165) is 37.0 Å². The summed E-state index contributed by atoms with van der Waals surface area (Å²) in [4.78, 5) is 24.1. The van der Waals surface area contributed by atoms with Crippen LogP contribution in [0.25, 0.3) is 11.0 Å². The number of anilines is 2. The van der Waals surface area contributed by atoms with Crippen molar-refractivity contribution in [3.8, 4) is 0 Å². The number of amides is 1. The smallest absolute Gasteiger partial charge is 0.243 e. The normalized spacial score (nSPS) is 22.0. The Bertz CT molecular complexity index is 1110. The van der Waals surface area contributed by atoms with Crippen molar-refractivity contribution in [3.63, 3.8) is 0 Å². The highest BCUT2D eigenvalue weighted by molar-refractivity contribution is 6.30. The van der Waals surface area contributed by atoms with Gasteiger partial charge in [0.15, 0.2) is 5.65 Å². The summed E-state index contributed by atoms with van der Waals surface area (Å²) in [6, 6.07) is 3.80. The van der Waals surface area contributed by atoms with E-state index in [4.69, 9.17) is 11.6 Å². The zero-order chi connectivity index (χ0) is 22.2. The number of rotatable bonds is 6. The van der Waals surface area contributed by atoms with Crippen LogP contribution in [0.4, 0.5) is 15.9 Å². The highest BCUT2D eigenvalue weighted by Crippen LogP contribution is 2.35. The van der Waals surface area contributed by atoms with Crippen LogP contribution in [0.1, 0.15) is 26.2 Å². The first-order valence-electron chi connectivity index (χ1n) is 10.9. The molecule has 2 aliphatic rings. The summed E-state index contributed by atoms with van der Waals surface area (Å²) >= 11 is 5.99. The molecule has 1 amide bonds. The molecule has 3 atom stereocenters. The second-order valence-corrected chi connectivity index (χ2v) is 9.21. The molecule has 2 fully saturated rings. The number of nitrogens with zero attached hydrogens (tertiary/aromatic N) is 4. The van der Waals surface area contributed by atoms with E-state index in [-0.39, 0.29) is 17.9 Å². The fourth-order valence-corrected chi connectivity index (χ4v) is 4.59. The third kappa shape index (κ3) is 4.34. The van der Waals surface area contributed by atoms with Crippen LogP contribution in [0.15, 0.2) is 30.7 Å². The first kappa shape index (κ1) is 20.9. The van der Waals surface area contributed by atoms with Crippen LogP contribution in [0.3, 0.4) is 0 Å². The Hall–Kier alpha value is -2.94. The summed E-state index contributed by atoms with van der Waals surface area (Å²) in [7, 11) is 0. The highest BCUT2D eigenvalue weighted by atomic mass is 35.5. The molecule has 5 rings (SSSR count). The molecule has 32 heavy (non-hydrogen) atoms. The van der Waals surface area contributed by atoms with E-state index in [9.17, 15) is 9.18 Å². The largest absolute Gasteiger partial charge is 0.373 e. The zero-order valence-electron chi connectivity index (χ0n) is 17.7. The van der Waals surface area contributed by atoms with Gasteiger partial charge >= 0.3 is 0 Å². The molecule has 8 nitrogen and oxygen atoms in total. The fourth-order valence-electron chi connectivity index (χ4n) is 4.37. The molecular weight excluding hydrogens is 433 g/mol. The summed E-state index contributed by atoms with van der Waals surface area (Å²) < 4.78 is 13.8. The van der Waals surface area contributed by atoms with E-state index in [1.165, 1.54) is 18.5 Å². The van der Waals surface area contributed by atoms with Crippen LogP contribution in [-0.2, 0) is 4.79 Å². The Morgan fingerprint density at radius 3 is 2.91 bits per heavy atom. The number of fused-ring (bicyclic) bond motifs is 1. The number of carbonyl (C=O) groups excluding carboxylic acids is 1. The van der Waals surface area contributed by atoms with Crippen molar-refractivity contribution in [2.75, 3.05) is 23.3 Å². The first-order chi connectivity index (χ1) is 15.5. The molecular formula is C22H25ClFN7O. The molecule has 3 N–H and O–H groups in total. The molecule has 1 saturated heterocycles. The van der Waals surface area contributed by atoms with Gasteiger partial charge in [0.2, 0.25) is 5.91 Å². The van der Waals surface area contributed by atoms with Crippen molar-refractivity contribution in [2.24, 2.45) is 11.8 Å². The number of H-pyrrole nitrogens is 1. The number of piperidine rings is 1. The molecule has 2 aromatic heterocycles. The number of hydrogen-bond acceptors (Lipinski definition) is 6. The Kier molecular flexibility index (Phi) is 5.58. The monoisotopic (exact) mass is 457 g/mol. The van der Waals surface area contributed by atoms with E-state index >= 15 is 0 Å². The van der Waals surface area contributed by atoms with Crippen LogP contribution >= 0.6 is 11.6 Å². The summed E-state index contributed by atoms with van der Waals surface area (Å²) in [5.74, 6) is 0.880. The number of aromatic amines is 1.